The Balaban J connectivity index is 0.00000264. The van der Waals surface area contributed by atoms with E-state index in [-0.39, 0.29) is 30.9 Å². The molecular weight excluding hydrogens is 316 g/mol. The minimum atomic E-state index is -0.466. The normalized spacial score (nSPS) is 13.6. The highest BCUT2D eigenvalue weighted by Gasteiger charge is 2.22. The molecule has 23 heavy (non-hydrogen) atoms. The van der Waals surface area contributed by atoms with Gasteiger partial charge in [-0.1, -0.05) is 24.3 Å². The maximum Gasteiger partial charge on any atom is 0.318 e. The molecule has 0 aliphatic carbocycles. The molecule has 4 N–H and O–H groups in total. The quantitative estimate of drug-likeness (QED) is 0.765. The Hall–Kier alpha value is -1.79. The number of nitrogens with two attached hydrogens (primary N) is 1. The smallest absolute Gasteiger partial charge is 0.318 e. The third-order valence-corrected chi connectivity index (χ3v) is 3.81. The molecule has 128 valence electrons. The summed E-state index contributed by atoms with van der Waals surface area (Å²) in [6.45, 7) is 5.23. The van der Waals surface area contributed by atoms with Crippen LogP contribution in [0.5, 0.6) is 0 Å². The van der Waals surface area contributed by atoms with Crippen LogP contribution in [0.25, 0.3) is 0 Å². The average Bonchev–Trinajstić information content (AvgIpc) is 2.51. The lowest BCUT2D eigenvalue weighted by molar-refractivity contribution is -0.121. The number of rotatable bonds is 4. The molecule has 1 aromatic carbocycles. The van der Waals surface area contributed by atoms with E-state index >= 15 is 0 Å². The molecule has 0 fully saturated rings. The van der Waals surface area contributed by atoms with Crippen molar-refractivity contribution in [3.05, 3.63) is 35.4 Å². The van der Waals surface area contributed by atoms with Gasteiger partial charge in [-0.15, -0.1) is 12.4 Å². The third-order valence-electron chi connectivity index (χ3n) is 3.81. The first-order chi connectivity index (χ1) is 10.4. The van der Waals surface area contributed by atoms with Gasteiger partial charge in [0.05, 0.1) is 6.54 Å². The van der Waals surface area contributed by atoms with Gasteiger partial charge in [-0.25, -0.2) is 4.79 Å². The molecule has 0 spiro atoms. The summed E-state index contributed by atoms with van der Waals surface area (Å²) in [5.41, 5.74) is 7.55. The summed E-state index contributed by atoms with van der Waals surface area (Å²) in [5.74, 6) is -0.235. The largest absolute Gasteiger partial charge is 0.348 e. The first-order valence-electron chi connectivity index (χ1n) is 7.52. The van der Waals surface area contributed by atoms with E-state index in [0.717, 1.165) is 12.0 Å². The highest BCUT2D eigenvalue weighted by atomic mass is 35.5. The van der Waals surface area contributed by atoms with E-state index in [0.29, 0.717) is 19.6 Å². The number of benzene rings is 1. The van der Waals surface area contributed by atoms with Crippen molar-refractivity contribution in [1.82, 2.24) is 15.5 Å². The molecule has 0 bridgehead atoms. The van der Waals surface area contributed by atoms with Gasteiger partial charge in [-0.3, -0.25) is 4.79 Å². The fraction of sp³-hybridized carbons (Fsp3) is 0.500. The van der Waals surface area contributed by atoms with Crippen LogP contribution in [0, 0.1) is 0 Å². The number of halogens is 1. The van der Waals surface area contributed by atoms with Gasteiger partial charge in [-0.2, -0.15) is 0 Å². The van der Waals surface area contributed by atoms with E-state index in [9.17, 15) is 9.59 Å². The number of carbonyl (C=O) groups is 2. The molecule has 1 aliphatic rings. The second-order valence-corrected chi connectivity index (χ2v) is 6.24. The number of nitrogens with zero attached hydrogens (tertiary/aromatic N) is 1. The Morgan fingerprint density at radius 1 is 1.26 bits per heavy atom. The van der Waals surface area contributed by atoms with Gasteiger partial charge in [0.2, 0.25) is 5.91 Å². The van der Waals surface area contributed by atoms with Crippen molar-refractivity contribution in [3.63, 3.8) is 0 Å². The van der Waals surface area contributed by atoms with Crippen LogP contribution in [0.3, 0.4) is 0 Å². The zero-order chi connectivity index (χ0) is 16.2. The molecule has 7 heteroatoms. The maximum absolute atomic E-state index is 12.2. The molecule has 0 unspecified atom stereocenters. The van der Waals surface area contributed by atoms with Gasteiger partial charge in [-0.05, 0) is 31.4 Å². The molecule has 1 aromatic rings. The van der Waals surface area contributed by atoms with Crippen molar-refractivity contribution < 1.29 is 9.59 Å². The lowest BCUT2D eigenvalue weighted by Crippen LogP contribution is -2.53. The van der Waals surface area contributed by atoms with E-state index in [2.05, 4.69) is 16.7 Å². The fourth-order valence-corrected chi connectivity index (χ4v) is 2.41. The highest BCUT2D eigenvalue weighted by Crippen LogP contribution is 2.18. The van der Waals surface area contributed by atoms with Crippen LogP contribution in [0.4, 0.5) is 4.79 Å². The molecule has 1 heterocycles. The summed E-state index contributed by atoms with van der Waals surface area (Å²) >= 11 is 0. The van der Waals surface area contributed by atoms with Gasteiger partial charge in [0, 0.05) is 25.2 Å². The molecule has 0 saturated carbocycles. The second-order valence-electron chi connectivity index (χ2n) is 6.24. The SMILES string of the molecule is CC(C)(CN)NC(=O)CNC(=O)N1CCc2ccccc2C1.Cl. The van der Waals surface area contributed by atoms with Crippen LogP contribution in [0.1, 0.15) is 25.0 Å². The Bertz CT molecular complexity index is 563. The van der Waals surface area contributed by atoms with Crippen molar-refractivity contribution in [2.45, 2.75) is 32.4 Å². The summed E-state index contributed by atoms with van der Waals surface area (Å²) in [6.07, 6.45) is 0.843. The van der Waals surface area contributed by atoms with Crippen LogP contribution in [-0.4, -0.2) is 42.0 Å². The predicted octanol–water partition coefficient (Wildman–Crippen LogP) is 1.03. The van der Waals surface area contributed by atoms with Crippen LogP contribution >= 0.6 is 12.4 Å². The summed E-state index contributed by atoms with van der Waals surface area (Å²) in [6, 6.07) is 7.90. The monoisotopic (exact) mass is 340 g/mol. The van der Waals surface area contributed by atoms with Gasteiger partial charge < -0.3 is 21.3 Å². The van der Waals surface area contributed by atoms with Gasteiger partial charge >= 0.3 is 6.03 Å². The molecule has 0 aromatic heterocycles. The van der Waals surface area contributed by atoms with Crippen LogP contribution in [0.15, 0.2) is 24.3 Å². The first-order valence-corrected chi connectivity index (χ1v) is 7.52. The highest BCUT2D eigenvalue weighted by molar-refractivity contribution is 5.85. The van der Waals surface area contributed by atoms with Crippen LogP contribution in [0.2, 0.25) is 0 Å². The molecule has 2 rings (SSSR count). The number of fused-ring (bicyclic) bond motifs is 1. The number of hydrogen-bond donors (Lipinski definition) is 3. The maximum atomic E-state index is 12.2. The Morgan fingerprint density at radius 2 is 1.91 bits per heavy atom. The zero-order valence-electron chi connectivity index (χ0n) is 13.6. The average molecular weight is 341 g/mol. The van der Waals surface area contributed by atoms with Crippen molar-refractivity contribution in [2.24, 2.45) is 5.73 Å². The summed E-state index contributed by atoms with van der Waals surface area (Å²) in [5, 5.41) is 5.45. The zero-order valence-corrected chi connectivity index (χ0v) is 14.4. The van der Waals surface area contributed by atoms with Crippen LogP contribution < -0.4 is 16.4 Å². The minimum Gasteiger partial charge on any atom is -0.348 e. The van der Waals surface area contributed by atoms with Gasteiger partial charge in [0.15, 0.2) is 0 Å². The fourth-order valence-electron chi connectivity index (χ4n) is 2.41. The Kier molecular flexibility index (Phi) is 6.84. The molecule has 0 radical (unpaired) electrons. The summed E-state index contributed by atoms with van der Waals surface area (Å²) in [7, 11) is 0. The van der Waals surface area contributed by atoms with E-state index < -0.39 is 5.54 Å². The molecule has 3 amide bonds. The number of urea groups is 1. The number of nitrogens with one attached hydrogen (secondary N) is 2. The third kappa shape index (κ3) is 5.41. The van der Waals surface area contributed by atoms with E-state index in [4.69, 9.17) is 5.73 Å². The summed E-state index contributed by atoms with van der Waals surface area (Å²) < 4.78 is 0. The van der Waals surface area contributed by atoms with Crippen molar-refractivity contribution in [2.75, 3.05) is 19.6 Å². The van der Waals surface area contributed by atoms with E-state index in [1.165, 1.54) is 5.56 Å². The topological polar surface area (TPSA) is 87.5 Å². The van der Waals surface area contributed by atoms with Crippen molar-refractivity contribution in [3.8, 4) is 0 Å². The Labute approximate surface area is 143 Å². The number of amides is 3. The van der Waals surface area contributed by atoms with Gasteiger partial charge in [0.1, 0.15) is 0 Å². The van der Waals surface area contributed by atoms with Crippen molar-refractivity contribution in [1.29, 1.82) is 0 Å². The lowest BCUT2D eigenvalue weighted by Gasteiger charge is -2.29. The molecule has 6 nitrogen and oxygen atoms in total. The van der Waals surface area contributed by atoms with Crippen molar-refractivity contribution >= 4 is 24.3 Å². The molecular formula is C16H25ClN4O2. The minimum absolute atomic E-state index is 0. The van der Waals surface area contributed by atoms with Crippen LogP contribution in [-0.2, 0) is 17.8 Å². The van der Waals surface area contributed by atoms with E-state index in [1.54, 1.807) is 4.90 Å². The summed E-state index contributed by atoms with van der Waals surface area (Å²) in [4.78, 5) is 25.7. The molecule has 0 atom stereocenters. The Morgan fingerprint density at radius 3 is 2.57 bits per heavy atom. The number of hydrogen-bond acceptors (Lipinski definition) is 3. The molecule has 1 aliphatic heterocycles. The number of carbonyl (C=O) groups excluding carboxylic acids is 2. The van der Waals surface area contributed by atoms with E-state index in [1.807, 2.05) is 32.0 Å². The standard InChI is InChI=1S/C16H24N4O2.ClH/c1-16(2,11-17)19-14(21)9-18-15(22)20-8-7-12-5-3-4-6-13(12)10-20;/h3-6H,7-11,17H2,1-2H3,(H,18,22)(H,19,21);1H. The first kappa shape index (κ1) is 19.3. The lowest BCUT2D eigenvalue weighted by atomic mass is 10.0. The molecule has 0 saturated heterocycles. The predicted molar refractivity (Wildman–Crippen MR) is 92.5 cm³/mol. The second kappa shape index (κ2) is 8.17. The van der Waals surface area contributed by atoms with Gasteiger partial charge in [0.25, 0.3) is 0 Å².